The number of likely N-dealkylation sites (N-methyl/N-ethyl adjacent to an activating group) is 1. The van der Waals surface area contributed by atoms with E-state index in [1.54, 1.807) is 13.1 Å². The van der Waals surface area contributed by atoms with E-state index in [0.717, 1.165) is 10.0 Å². The summed E-state index contributed by atoms with van der Waals surface area (Å²) in [5.41, 5.74) is 0.953. The molecular weight excluding hydrogens is 348 g/mol. The molecule has 0 aromatic heterocycles. The van der Waals surface area contributed by atoms with Crippen LogP contribution in [0, 0.1) is 11.6 Å². The average molecular weight is 361 g/mol. The number of halogens is 4. The fourth-order valence-corrected chi connectivity index (χ4v) is 2.48. The minimum Gasteiger partial charge on any atom is -0.313 e. The second-order valence-corrected chi connectivity index (χ2v) is 5.68. The summed E-state index contributed by atoms with van der Waals surface area (Å²) in [6.45, 7) is 0. The van der Waals surface area contributed by atoms with Crippen molar-refractivity contribution in [1.29, 1.82) is 0 Å². The van der Waals surface area contributed by atoms with Crippen LogP contribution in [0.4, 0.5) is 8.78 Å². The molecule has 5 heteroatoms. The smallest absolute Gasteiger partial charge is 0.129 e. The molecule has 0 fully saturated rings. The van der Waals surface area contributed by atoms with Crippen molar-refractivity contribution in [2.45, 2.75) is 12.5 Å². The first kappa shape index (κ1) is 15.4. The molecule has 0 amide bonds. The molecule has 0 aliphatic heterocycles. The fourth-order valence-electron chi connectivity index (χ4n) is 2.05. The van der Waals surface area contributed by atoms with Crippen molar-refractivity contribution in [2.75, 3.05) is 7.05 Å². The molecule has 0 spiro atoms. The summed E-state index contributed by atoms with van der Waals surface area (Å²) in [5, 5.41) is 3.63. The third kappa shape index (κ3) is 3.37. The number of nitrogens with one attached hydrogen (secondary N) is 1. The van der Waals surface area contributed by atoms with Crippen LogP contribution in [0.2, 0.25) is 5.02 Å². The predicted molar refractivity (Wildman–Crippen MR) is 81.0 cm³/mol. The number of rotatable bonds is 4. The van der Waals surface area contributed by atoms with Crippen LogP contribution in [0.3, 0.4) is 0 Å². The molecule has 1 N–H and O–H groups in total. The monoisotopic (exact) mass is 359 g/mol. The van der Waals surface area contributed by atoms with Crippen LogP contribution in [0.15, 0.2) is 40.9 Å². The predicted octanol–water partition coefficient (Wildman–Crippen LogP) is 4.88. The molecule has 1 nitrogen and oxygen atoms in total. The van der Waals surface area contributed by atoms with Crippen molar-refractivity contribution in [2.24, 2.45) is 0 Å². The number of hydrogen-bond acceptors (Lipinski definition) is 1. The van der Waals surface area contributed by atoms with Crippen molar-refractivity contribution in [3.8, 4) is 0 Å². The van der Waals surface area contributed by atoms with E-state index in [9.17, 15) is 8.78 Å². The van der Waals surface area contributed by atoms with E-state index in [1.807, 2.05) is 12.1 Å². The Morgan fingerprint density at radius 2 is 1.85 bits per heavy atom. The van der Waals surface area contributed by atoms with Gasteiger partial charge >= 0.3 is 0 Å². The van der Waals surface area contributed by atoms with Gasteiger partial charge < -0.3 is 5.32 Å². The molecule has 20 heavy (non-hydrogen) atoms. The second kappa shape index (κ2) is 6.66. The molecule has 106 valence electrons. The molecule has 2 rings (SSSR count). The lowest BCUT2D eigenvalue weighted by atomic mass is 9.98. The SMILES string of the molecule is CNC(Cc1c(F)cccc1F)c1ccc(Br)c(Cl)c1. The van der Waals surface area contributed by atoms with Gasteiger partial charge in [-0.1, -0.05) is 23.7 Å². The van der Waals surface area contributed by atoms with Gasteiger partial charge in [0.25, 0.3) is 0 Å². The molecule has 2 aromatic rings. The van der Waals surface area contributed by atoms with Crippen LogP contribution in [-0.4, -0.2) is 7.05 Å². The third-order valence-corrected chi connectivity index (χ3v) is 4.40. The van der Waals surface area contributed by atoms with E-state index in [1.165, 1.54) is 18.2 Å². The Balaban J connectivity index is 2.31. The Morgan fingerprint density at radius 3 is 2.40 bits per heavy atom. The summed E-state index contributed by atoms with van der Waals surface area (Å²) in [6, 6.07) is 9.14. The molecular formula is C15H13BrClF2N. The van der Waals surface area contributed by atoms with Gasteiger partial charge in [-0.15, -0.1) is 0 Å². The first-order valence-corrected chi connectivity index (χ1v) is 7.25. The molecule has 2 aromatic carbocycles. The summed E-state index contributed by atoms with van der Waals surface area (Å²) in [6.07, 6.45) is 0.215. The number of benzene rings is 2. The minimum absolute atomic E-state index is 0.0749. The molecule has 0 radical (unpaired) electrons. The highest BCUT2D eigenvalue weighted by molar-refractivity contribution is 9.10. The Morgan fingerprint density at radius 1 is 1.20 bits per heavy atom. The maximum Gasteiger partial charge on any atom is 0.129 e. The first-order chi connectivity index (χ1) is 9.52. The van der Waals surface area contributed by atoms with Gasteiger partial charge in [-0.2, -0.15) is 0 Å². The van der Waals surface area contributed by atoms with Crippen molar-refractivity contribution in [3.63, 3.8) is 0 Å². The van der Waals surface area contributed by atoms with E-state index in [-0.39, 0.29) is 18.0 Å². The zero-order valence-corrected chi connectivity index (χ0v) is 13.1. The van der Waals surface area contributed by atoms with Gasteiger partial charge in [0.15, 0.2) is 0 Å². The highest BCUT2D eigenvalue weighted by atomic mass is 79.9. The average Bonchev–Trinajstić information content (AvgIpc) is 2.42. The van der Waals surface area contributed by atoms with Crippen molar-refractivity contribution in [3.05, 3.63) is 68.7 Å². The Hall–Kier alpha value is -0.970. The highest BCUT2D eigenvalue weighted by Crippen LogP contribution is 2.28. The maximum absolute atomic E-state index is 13.7. The van der Waals surface area contributed by atoms with Gasteiger partial charge in [-0.05, 0) is 59.2 Å². The highest BCUT2D eigenvalue weighted by Gasteiger charge is 2.16. The molecule has 0 saturated heterocycles. The fraction of sp³-hybridized carbons (Fsp3) is 0.200. The van der Waals surface area contributed by atoms with Crippen LogP contribution in [0.1, 0.15) is 17.2 Å². The van der Waals surface area contributed by atoms with E-state index in [2.05, 4.69) is 21.2 Å². The summed E-state index contributed by atoms with van der Waals surface area (Å²) < 4.78 is 28.2. The summed E-state index contributed by atoms with van der Waals surface area (Å²) in [4.78, 5) is 0. The summed E-state index contributed by atoms with van der Waals surface area (Å²) in [7, 11) is 1.75. The van der Waals surface area contributed by atoms with Crippen LogP contribution in [0.5, 0.6) is 0 Å². The molecule has 0 aliphatic rings. The molecule has 0 bridgehead atoms. The largest absolute Gasteiger partial charge is 0.313 e. The molecule has 0 saturated carbocycles. The van der Waals surface area contributed by atoms with Gasteiger partial charge in [-0.3, -0.25) is 0 Å². The summed E-state index contributed by atoms with van der Waals surface area (Å²) >= 11 is 9.38. The van der Waals surface area contributed by atoms with Gasteiger partial charge in [0, 0.05) is 16.1 Å². The molecule has 1 unspecified atom stereocenters. The zero-order valence-electron chi connectivity index (χ0n) is 10.8. The lowest BCUT2D eigenvalue weighted by molar-refractivity contribution is 0.515. The van der Waals surface area contributed by atoms with Gasteiger partial charge in [-0.25, -0.2) is 8.78 Å². The van der Waals surface area contributed by atoms with E-state index in [0.29, 0.717) is 5.02 Å². The normalized spacial score (nSPS) is 12.4. The van der Waals surface area contributed by atoms with Crippen LogP contribution >= 0.6 is 27.5 Å². The number of hydrogen-bond donors (Lipinski definition) is 1. The first-order valence-electron chi connectivity index (χ1n) is 6.08. The van der Waals surface area contributed by atoms with E-state index >= 15 is 0 Å². The van der Waals surface area contributed by atoms with Gasteiger partial charge in [0.05, 0.1) is 5.02 Å². The standard InChI is InChI=1S/C15H13BrClF2N/c1-20-15(9-5-6-11(16)12(17)7-9)8-10-13(18)3-2-4-14(10)19/h2-7,15,20H,8H2,1H3. The molecule has 0 aliphatic carbocycles. The lowest BCUT2D eigenvalue weighted by Crippen LogP contribution is -2.20. The van der Waals surface area contributed by atoms with Gasteiger partial charge in [0.1, 0.15) is 11.6 Å². The van der Waals surface area contributed by atoms with Gasteiger partial charge in [0.2, 0.25) is 0 Å². The Bertz CT molecular complexity index is 599. The van der Waals surface area contributed by atoms with Crippen LogP contribution in [0.25, 0.3) is 0 Å². The van der Waals surface area contributed by atoms with Crippen LogP contribution in [-0.2, 0) is 6.42 Å². The van der Waals surface area contributed by atoms with Crippen molar-refractivity contribution in [1.82, 2.24) is 5.32 Å². The zero-order chi connectivity index (χ0) is 14.7. The third-order valence-electron chi connectivity index (χ3n) is 3.16. The van der Waals surface area contributed by atoms with E-state index in [4.69, 9.17) is 11.6 Å². The lowest BCUT2D eigenvalue weighted by Gasteiger charge is -2.18. The second-order valence-electron chi connectivity index (χ2n) is 4.42. The van der Waals surface area contributed by atoms with Crippen molar-refractivity contribution < 1.29 is 8.78 Å². The molecule has 1 atom stereocenters. The maximum atomic E-state index is 13.7. The summed E-state index contributed by atoms with van der Waals surface area (Å²) in [5.74, 6) is -1.07. The minimum atomic E-state index is -0.534. The quantitative estimate of drug-likeness (QED) is 0.819. The van der Waals surface area contributed by atoms with Crippen LogP contribution < -0.4 is 5.32 Å². The van der Waals surface area contributed by atoms with E-state index < -0.39 is 11.6 Å². The molecule has 0 heterocycles. The van der Waals surface area contributed by atoms with Crippen molar-refractivity contribution >= 4 is 27.5 Å². The Kier molecular flexibility index (Phi) is 5.13. The topological polar surface area (TPSA) is 12.0 Å². The Labute approximate surface area is 130 Å².